The van der Waals surface area contributed by atoms with Gasteiger partial charge in [-0.15, -0.1) is 0 Å². The average molecular weight is 270 g/mol. The molecular formula is C16H18N2O2. The molecule has 0 saturated heterocycles. The fourth-order valence-electron chi connectivity index (χ4n) is 2.03. The lowest BCUT2D eigenvalue weighted by atomic mass is 10.2. The topological polar surface area (TPSA) is 54.4 Å². The first-order valence-electron chi connectivity index (χ1n) is 6.89. The molecule has 4 heteroatoms. The number of benzene rings is 1. The highest BCUT2D eigenvalue weighted by Gasteiger charge is 2.20. The molecule has 0 spiro atoms. The van der Waals surface area contributed by atoms with Crippen molar-refractivity contribution in [2.24, 2.45) is 0 Å². The Hall–Kier alpha value is -1.91. The lowest BCUT2D eigenvalue weighted by Gasteiger charge is -2.10. The zero-order valence-corrected chi connectivity index (χ0v) is 11.2. The Kier molecular flexibility index (Phi) is 3.95. The van der Waals surface area contributed by atoms with Crippen LogP contribution >= 0.6 is 0 Å². The van der Waals surface area contributed by atoms with Crippen LogP contribution in [0.2, 0.25) is 0 Å². The minimum atomic E-state index is -0.0352. The molecule has 0 bridgehead atoms. The Labute approximate surface area is 118 Å². The summed E-state index contributed by atoms with van der Waals surface area (Å²) in [4.78, 5) is 4.21. The number of hydrogen-bond donors (Lipinski definition) is 2. The first-order valence-corrected chi connectivity index (χ1v) is 6.89. The number of hydrogen-bond acceptors (Lipinski definition) is 4. The SMILES string of the molecule is OCc1ccccc1Oc1cncc(CNC2CC2)c1. The van der Waals surface area contributed by atoms with Gasteiger partial charge in [-0.2, -0.15) is 0 Å². The van der Waals surface area contributed by atoms with Gasteiger partial charge in [-0.25, -0.2) is 0 Å². The molecule has 0 aliphatic heterocycles. The number of aliphatic hydroxyl groups excluding tert-OH is 1. The second-order valence-electron chi connectivity index (χ2n) is 5.05. The van der Waals surface area contributed by atoms with Crippen LogP contribution in [0.5, 0.6) is 11.5 Å². The maximum absolute atomic E-state index is 9.30. The molecule has 20 heavy (non-hydrogen) atoms. The Balaban J connectivity index is 1.71. The van der Waals surface area contributed by atoms with Gasteiger partial charge in [-0.05, 0) is 30.5 Å². The Morgan fingerprint density at radius 3 is 2.90 bits per heavy atom. The summed E-state index contributed by atoms with van der Waals surface area (Å²) in [6.45, 7) is 0.781. The molecule has 0 atom stereocenters. The van der Waals surface area contributed by atoms with Crippen LogP contribution in [0.4, 0.5) is 0 Å². The maximum Gasteiger partial charge on any atom is 0.146 e. The smallest absolute Gasteiger partial charge is 0.146 e. The van der Waals surface area contributed by atoms with Crippen molar-refractivity contribution in [2.75, 3.05) is 0 Å². The Morgan fingerprint density at radius 1 is 1.25 bits per heavy atom. The third-order valence-corrected chi connectivity index (χ3v) is 3.31. The van der Waals surface area contributed by atoms with Crippen molar-refractivity contribution in [3.05, 3.63) is 53.9 Å². The second-order valence-corrected chi connectivity index (χ2v) is 5.05. The summed E-state index contributed by atoms with van der Waals surface area (Å²) in [7, 11) is 0. The number of ether oxygens (including phenoxy) is 1. The molecule has 1 saturated carbocycles. The molecule has 4 nitrogen and oxygen atoms in total. The van der Waals surface area contributed by atoms with E-state index < -0.39 is 0 Å². The Morgan fingerprint density at radius 2 is 2.10 bits per heavy atom. The third-order valence-electron chi connectivity index (χ3n) is 3.31. The zero-order valence-electron chi connectivity index (χ0n) is 11.2. The van der Waals surface area contributed by atoms with Crippen molar-refractivity contribution in [1.82, 2.24) is 10.3 Å². The van der Waals surface area contributed by atoms with Gasteiger partial charge in [-0.1, -0.05) is 18.2 Å². The first kappa shape index (κ1) is 13.1. The Bertz CT molecular complexity index is 582. The number of nitrogens with one attached hydrogen (secondary N) is 1. The van der Waals surface area contributed by atoms with Crippen LogP contribution < -0.4 is 10.1 Å². The fourth-order valence-corrected chi connectivity index (χ4v) is 2.03. The van der Waals surface area contributed by atoms with E-state index in [4.69, 9.17) is 4.74 Å². The molecule has 1 aliphatic rings. The monoisotopic (exact) mass is 270 g/mol. The van der Waals surface area contributed by atoms with E-state index >= 15 is 0 Å². The summed E-state index contributed by atoms with van der Waals surface area (Å²) in [5.41, 5.74) is 1.88. The van der Waals surface area contributed by atoms with E-state index in [9.17, 15) is 5.11 Å². The highest BCUT2D eigenvalue weighted by Crippen LogP contribution is 2.25. The van der Waals surface area contributed by atoms with Gasteiger partial charge in [0, 0.05) is 24.3 Å². The molecule has 0 radical (unpaired) electrons. The van der Waals surface area contributed by atoms with E-state index in [-0.39, 0.29) is 6.61 Å². The van der Waals surface area contributed by atoms with Crippen molar-refractivity contribution >= 4 is 0 Å². The van der Waals surface area contributed by atoms with E-state index in [1.54, 1.807) is 6.20 Å². The van der Waals surface area contributed by atoms with E-state index in [0.717, 1.165) is 17.7 Å². The van der Waals surface area contributed by atoms with Gasteiger partial charge < -0.3 is 15.2 Å². The number of para-hydroxylation sites is 1. The zero-order chi connectivity index (χ0) is 13.8. The van der Waals surface area contributed by atoms with Crippen LogP contribution in [0.25, 0.3) is 0 Å². The van der Waals surface area contributed by atoms with Gasteiger partial charge in [0.15, 0.2) is 0 Å². The number of aromatic nitrogens is 1. The minimum absolute atomic E-state index is 0.0352. The number of aliphatic hydroxyl groups is 1. The van der Waals surface area contributed by atoms with Crippen molar-refractivity contribution in [3.63, 3.8) is 0 Å². The largest absolute Gasteiger partial charge is 0.455 e. The van der Waals surface area contributed by atoms with E-state index in [1.165, 1.54) is 12.8 Å². The summed E-state index contributed by atoms with van der Waals surface area (Å²) >= 11 is 0. The third kappa shape index (κ3) is 3.35. The standard InChI is InChI=1S/C16H18N2O2/c19-11-13-3-1-2-4-16(13)20-15-7-12(8-17-10-15)9-18-14-5-6-14/h1-4,7-8,10,14,18-19H,5-6,9,11H2. The van der Waals surface area contributed by atoms with Crippen molar-refractivity contribution in [2.45, 2.75) is 32.0 Å². The molecule has 2 aromatic rings. The summed E-state index contributed by atoms with van der Waals surface area (Å²) in [6, 6.07) is 10.1. The van der Waals surface area contributed by atoms with Crippen molar-refractivity contribution in [1.29, 1.82) is 0 Å². The molecule has 1 aliphatic carbocycles. The number of rotatable bonds is 6. The van der Waals surface area contributed by atoms with E-state index in [0.29, 0.717) is 17.5 Å². The predicted octanol–water partition coefficient (Wildman–Crippen LogP) is 2.62. The molecule has 1 aromatic heterocycles. The van der Waals surface area contributed by atoms with Crippen molar-refractivity contribution < 1.29 is 9.84 Å². The van der Waals surface area contributed by atoms with Crippen LogP contribution in [0, 0.1) is 0 Å². The van der Waals surface area contributed by atoms with E-state index in [1.807, 2.05) is 36.5 Å². The van der Waals surface area contributed by atoms with Crippen LogP contribution in [-0.4, -0.2) is 16.1 Å². The quantitative estimate of drug-likeness (QED) is 0.847. The average Bonchev–Trinajstić information content (AvgIpc) is 3.30. The van der Waals surface area contributed by atoms with Crippen LogP contribution in [0.15, 0.2) is 42.7 Å². The molecule has 1 aromatic carbocycles. The molecule has 1 heterocycles. The predicted molar refractivity (Wildman–Crippen MR) is 76.5 cm³/mol. The summed E-state index contributed by atoms with van der Waals surface area (Å²) < 4.78 is 5.81. The van der Waals surface area contributed by atoms with Crippen LogP contribution in [0.1, 0.15) is 24.0 Å². The highest BCUT2D eigenvalue weighted by atomic mass is 16.5. The summed E-state index contributed by atoms with van der Waals surface area (Å²) in [5, 5.41) is 12.7. The van der Waals surface area contributed by atoms with Gasteiger partial charge in [0.05, 0.1) is 12.8 Å². The number of nitrogens with zero attached hydrogens (tertiary/aromatic N) is 1. The highest BCUT2D eigenvalue weighted by molar-refractivity contribution is 5.37. The van der Waals surface area contributed by atoms with Crippen LogP contribution in [0.3, 0.4) is 0 Å². The van der Waals surface area contributed by atoms with Gasteiger partial charge in [0.25, 0.3) is 0 Å². The normalized spacial score (nSPS) is 14.2. The molecule has 1 fully saturated rings. The first-order chi connectivity index (χ1) is 9.85. The molecule has 0 amide bonds. The number of pyridine rings is 1. The van der Waals surface area contributed by atoms with E-state index in [2.05, 4.69) is 10.3 Å². The van der Waals surface area contributed by atoms with Crippen molar-refractivity contribution in [3.8, 4) is 11.5 Å². The summed E-state index contributed by atoms with van der Waals surface area (Å²) in [6.07, 6.45) is 6.08. The fraction of sp³-hybridized carbons (Fsp3) is 0.312. The van der Waals surface area contributed by atoms with Gasteiger partial charge >= 0.3 is 0 Å². The van der Waals surface area contributed by atoms with Gasteiger partial charge in [0.2, 0.25) is 0 Å². The molecule has 0 unspecified atom stereocenters. The second kappa shape index (κ2) is 6.03. The van der Waals surface area contributed by atoms with Gasteiger partial charge in [-0.3, -0.25) is 4.98 Å². The molecule has 3 rings (SSSR count). The van der Waals surface area contributed by atoms with Crippen LogP contribution in [-0.2, 0) is 13.2 Å². The molecule has 2 N–H and O–H groups in total. The molecule has 104 valence electrons. The van der Waals surface area contributed by atoms with Gasteiger partial charge in [0.1, 0.15) is 11.5 Å². The maximum atomic E-state index is 9.30. The molecular weight excluding hydrogens is 252 g/mol. The lowest BCUT2D eigenvalue weighted by Crippen LogP contribution is -2.15. The minimum Gasteiger partial charge on any atom is -0.455 e. The lowest BCUT2D eigenvalue weighted by molar-refractivity contribution is 0.276. The summed E-state index contributed by atoms with van der Waals surface area (Å²) in [5.74, 6) is 1.37.